The molecule has 1 aliphatic heterocycles. The Kier molecular flexibility index (Phi) is 4.67. The Morgan fingerprint density at radius 2 is 2.12 bits per heavy atom. The van der Waals surface area contributed by atoms with Gasteiger partial charge in [0, 0.05) is 13.1 Å². The first-order chi connectivity index (χ1) is 11.9. The standard InChI is InChI=1S/C16H16F3N3O3/c17-16(18,19)14-13(10-24)15-21(4-5-22(15)20-14)9-11-2-1-3-12(8-11)25-7-6-23/h1-3,8,10,23H,4-7,9H2. The van der Waals surface area contributed by atoms with Gasteiger partial charge in [-0.1, -0.05) is 12.1 Å². The molecule has 2 heterocycles. The predicted molar refractivity (Wildman–Crippen MR) is 82.7 cm³/mol. The van der Waals surface area contributed by atoms with Crippen molar-refractivity contribution in [3.8, 4) is 5.75 Å². The molecule has 134 valence electrons. The molecule has 6 nitrogen and oxygen atoms in total. The molecule has 3 rings (SSSR count). The molecule has 1 N–H and O–H groups in total. The summed E-state index contributed by atoms with van der Waals surface area (Å²) in [5, 5.41) is 12.3. The van der Waals surface area contributed by atoms with Gasteiger partial charge in [0.2, 0.25) is 0 Å². The van der Waals surface area contributed by atoms with Crippen LogP contribution < -0.4 is 9.64 Å². The number of carbonyl (C=O) groups excluding carboxylic acids is 1. The summed E-state index contributed by atoms with van der Waals surface area (Å²) in [6, 6.07) is 7.05. The molecule has 0 radical (unpaired) electrons. The molecular weight excluding hydrogens is 339 g/mol. The number of alkyl halides is 3. The van der Waals surface area contributed by atoms with E-state index < -0.39 is 17.4 Å². The van der Waals surface area contributed by atoms with E-state index in [1.54, 1.807) is 23.1 Å². The number of anilines is 1. The van der Waals surface area contributed by atoms with E-state index in [9.17, 15) is 18.0 Å². The lowest BCUT2D eigenvalue weighted by Gasteiger charge is -2.18. The van der Waals surface area contributed by atoms with Crippen LogP contribution in [0.3, 0.4) is 0 Å². The monoisotopic (exact) mass is 355 g/mol. The van der Waals surface area contributed by atoms with Gasteiger partial charge >= 0.3 is 6.18 Å². The van der Waals surface area contributed by atoms with E-state index in [-0.39, 0.29) is 31.9 Å². The van der Waals surface area contributed by atoms with Crippen LogP contribution in [0.25, 0.3) is 0 Å². The summed E-state index contributed by atoms with van der Waals surface area (Å²) < 4.78 is 45.6. The minimum Gasteiger partial charge on any atom is -0.491 e. The number of aldehydes is 1. The van der Waals surface area contributed by atoms with Crippen molar-refractivity contribution in [1.29, 1.82) is 0 Å². The van der Waals surface area contributed by atoms with E-state index in [1.807, 2.05) is 6.07 Å². The molecule has 0 amide bonds. The Balaban J connectivity index is 1.86. The summed E-state index contributed by atoms with van der Waals surface area (Å²) >= 11 is 0. The Bertz CT molecular complexity index is 774. The summed E-state index contributed by atoms with van der Waals surface area (Å²) in [6.45, 7) is 1.11. The highest BCUT2D eigenvalue weighted by molar-refractivity contribution is 5.85. The van der Waals surface area contributed by atoms with Crippen LogP contribution in [0.2, 0.25) is 0 Å². The molecule has 0 bridgehead atoms. The fourth-order valence-electron chi connectivity index (χ4n) is 2.87. The van der Waals surface area contributed by atoms with Crippen LogP contribution in [0.15, 0.2) is 24.3 Å². The van der Waals surface area contributed by atoms with Crippen molar-refractivity contribution in [3.63, 3.8) is 0 Å². The van der Waals surface area contributed by atoms with E-state index in [0.29, 0.717) is 18.8 Å². The third kappa shape index (κ3) is 3.46. The maximum absolute atomic E-state index is 13.0. The van der Waals surface area contributed by atoms with E-state index in [1.165, 1.54) is 4.68 Å². The molecule has 0 aliphatic carbocycles. The molecule has 9 heteroatoms. The van der Waals surface area contributed by atoms with Crippen LogP contribution in [-0.4, -0.2) is 40.9 Å². The molecule has 25 heavy (non-hydrogen) atoms. The number of aliphatic hydroxyl groups excluding tert-OH is 1. The van der Waals surface area contributed by atoms with Gasteiger partial charge in [0.1, 0.15) is 18.2 Å². The van der Waals surface area contributed by atoms with Crippen LogP contribution >= 0.6 is 0 Å². The molecule has 0 atom stereocenters. The number of hydrogen-bond donors (Lipinski definition) is 1. The lowest BCUT2D eigenvalue weighted by Crippen LogP contribution is -2.21. The number of hydrogen-bond acceptors (Lipinski definition) is 5. The van der Waals surface area contributed by atoms with Gasteiger partial charge in [-0.2, -0.15) is 18.3 Å². The Hall–Kier alpha value is -2.55. The highest BCUT2D eigenvalue weighted by atomic mass is 19.4. The van der Waals surface area contributed by atoms with Crippen LogP contribution in [0.4, 0.5) is 19.0 Å². The van der Waals surface area contributed by atoms with E-state index in [0.717, 1.165) is 5.56 Å². The van der Waals surface area contributed by atoms with Gasteiger partial charge in [0.25, 0.3) is 0 Å². The second kappa shape index (κ2) is 6.75. The fourth-order valence-corrected chi connectivity index (χ4v) is 2.87. The zero-order valence-electron chi connectivity index (χ0n) is 13.2. The first-order valence-corrected chi connectivity index (χ1v) is 7.64. The van der Waals surface area contributed by atoms with E-state index in [2.05, 4.69) is 5.10 Å². The number of nitrogens with zero attached hydrogens (tertiary/aromatic N) is 3. The third-order valence-corrected chi connectivity index (χ3v) is 3.86. The molecule has 0 fully saturated rings. The summed E-state index contributed by atoms with van der Waals surface area (Å²) in [5.41, 5.74) is -0.768. The van der Waals surface area contributed by atoms with Crippen LogP contribution in [0.5, 0.6) is 5.75 Å². The molecule has 1 aromatic carbocycles. The second-order valence-corrected chi connectivity index (χ2v) is 5.57. The number of fused-ring (bicyclic) bond motifs is 1. The molecule has 2 aromatic rings. The molecule has 1 aromatic heterocycles. The van der Waals surface area contributed by atoms with Crippen molar-refractivity contribution in [2.75, 3.05) is 24.7 Å². The first-order valence-electron chi connectivity index (χ1n) is 7.64. The Morgan fingerprint density at radius 1 is 1.32 bits per heavy atom. The molecule has 1 aliphatic rings. The highest BCUT2D eigenvalue weighted by Gasteiger charge is 2.41. The molecule has 0 saturated heterocycles. The zero-order valence-corrected chi connectivity index (χ0v) is 13.2. The lowest BCUT2D eigenvalue weighted by atomic mass is 10.2. The van der Waals surface area contributed by atoms with Gasteiger partial charge in [-0.25, -0.2) is 4.68 Å². The van der Waals surface area contributed by atoms with Gasteiger partial charge in [0.15, 0.2) is 12.0 Å². The average Bonchev–Trinajstić information content (AvgIpc) is 3.13. The van der Waals surface area contributed by atoms with Gasteiger partial charge in [0.05, 0.1) is 18.7 Å². The lowest BCUT2D eigenvalue weighted by molar-refractivity contribution is -0.141. The van der Waals surface area contributed by atoms with Crippen molar-refractivity contribution in [1.82, 2.24) is 9.78 Å². The minimum atomic E-state index is -4.67. The van der Waals surface area contributed by atoms with Crippen molar-refractivity contribution in [3.05, 3.63) is 41.1 Å². The Morgan fingerprint density at radius 3 is 2.80 bits per heavy atom. The van der Waals surface area contributed by atoms with E-state index >= 15 is 0 Å². The first kappa shape index (κ1) is 17.3. The summed E-state index contributed by atoms with van der Waals surface area (Å²) in [7, 11) is 0. The molecule has 0 unspecified atom stereocenters. The SMILES string of the molecule is O=Cc1c(C(F)(F)F)nn2c1N(Cc1cccc(OCCO)c1)CC2. The molecule has 0 saturated carbocycles. The topological polar surface area (TPSA) is 67.6 Å². The quantitative estimate of drug-likeness (QED) is 0.804. The Labute approximate surface area is 141 Å². The van der Waals surface area contributed by atoms with Crippen LogP contribution in [0.1, 0.15) is 21.6 Å². The fraction of sp³-hybridized carbons (Fsp3) is 0.375. The van der Waals surface area contributed by atoms with E-state index in [4.69, 9.17) is 9.84 Å². The average molecular weight is 355 g/mol. The van der Waals surface area contributed by atoms with Crippen molar-refractivity contribution >= 4 is 12.1 Å². The molecule has 0 spiro atoms. The number of ether oxygens (including phenoxy) is 1. The number of carbonyl (C=O) groups is 1. The second-order valence-electron chi connectivity index (χ2n) is 5.57. The largest absolute Gasteiger partial charge is 0.491 e. The summed E-state index contributed by atoms with van der Waals surface area (Å²) in [4.78, 5) is 12.9. The zero-order chi connectivity index (χ0) is 18.0. The van der Waals surface area contributed by atoms with Crippen molar-refractivity contribution in [2.45, 2.75) is 19.3 Å². The van der Waals surface area contributed by atoms with Gasteiger partial charge in [-0.15, -0.1) is 0 Å². The maximum Gasteiger partial charge on any atom is 0.435 e. The smallest absolute Gasteiger partial charge is 0.435 e. The van der Waals surface area contributed by atoms with Crippen molar-refractivity contribution in [2.24, 2.45) is 0 Å². The normalized spacial score (nSPS) is 13.8. The number of benzene rings is 1. The van der Waals surface area contributed by atoms with Crippen LogP contribution in [-0.2, 0) is 19.3 Å². The molecular formula is C16H16F3N3O3. The summed E-state index contributed by atoms with van der Waals surface area (Å²) in [6.07, 6.45) is -4.46. The number of halogens is 3. The third-order valence-electron chi connectivity index (χ3n) is 3.86. The highest BCUT2D eigenvalue weighted by Crippen LogP contribution is 2.37. The summed E-state index contributed by atoms with van der Waals surface area (Å²) in [5.74, 6) is 0.745. The van der Waals surface area contributed by atoms with Crippen LogP contribution in [0, 0.1) is 0 Å². The van der Waals surface area contributed by atoms with Gasteiger partial charge in [-0.05, 0) is 17.7 Å². The number of rotatable bonds is 6. The predicted octanol–water partition coefficient (Wildman–Crippen LogP) is 2.11. The van der Waals surface area contributed by atoms with Gasteiger partial charge < -0.3 is 14.7 Å². The van der Waals surface area contributed by atoms with Gasteiger partial charge in [-0.3, -0.25) is 4.79 Å². The van der Waals surface area contributed by atoms with Crippen molar-refractivity contribution < 1.29 is 27.8 Å². The minimum absolute atomic E-state index is 0.113. The number of aliphatic hydroxyl groups is 1. The number of aromatic nitrogens is 2. The maximum atomic E-state index is 13.0.